The summed E-state index contributed by atoms with van der Waals surface area (Å²) in [6, 6.07) is 0. The smallest absolute Gasteiger partial charge is 0.148 e. The van der Waals surface area contributed by atoms with Crippen LogP contribution in [0.15, 0.2) is 0 Å². The highest BCUT2D eigenvalue weighted by atomic mass is 28.3. The summed E-state index contributed by atoms with van der Waals surface area (Å²) in [5.74, 6) is 0. The van der Waals surface area contributed by atoms with E-state index in [1.54, 1.807) is 0 Å². The second kappa shape index (κ2) is 17.4. The van der Waals surface area contributed by atoms with Gasteiger partial charge in [0.05, 0.1) is 0 Å². The zero-order chi connectivity index (χ0) is 14.9. The Morgan fingerprint density at radius 3 is 1.55 bits per heavy atom. The Balaban J connectivity index is 2.99. The van der Waals surface area contributed by atoms with E-state index in [0.717, 1.165) is 16.0 Å². The van der Waals surface area contributed by atoms with Gasteiger partial charge in [-0.25, -0.2) is 0 Å². The fourth-order valence-electron chi connectivity index (χ4n) is 2.88. The van der Waals surface area contributed by atoms with Crippen LogP contribution in [0.2, 0.25) is 5.54 Å². The van der Waals surface area contributed by atoms with Gasteiger partial charge in [0.1, 0.15) is 20.2 Å². The monoisotopic (exact) mass is 316 g/mol. The van der Waals surface area contributed by atoms with Gasteiger partial charge in [-0.05, 0) is 5.54 Å². The lowest BCUT2D eigenvalue weighted by molar-refractivity contribution is 0.530. The van der Waals surface area contributed by atoms with Crippen LogP contribution in [0.3, 0.4) is 0 Å². The first kappa shape index (κ1) is 20.4. The lowest BCUT2D eigenvalue weighted by atomic mass is 10.0. The van der Waals surface area contributed by atoms with Crippen LogP contribution in [0, 0.1) is 0 Å². The molecule has 0 aliphatic rings. The Kier molecular flexibility index (Phi) is 17.8. The first-order valence-electron chi connectivity index (χ1n) is 9.30. The van der Waals surface area contributed by atoms with E-state index >= 15 is 0 Å². The van der Waals surface area contributed by atoms with E-state index in [4.69, 9.17) is 4.12 Å². The molecule has 0 N–H and O–H groups in total. The Bertz CT molecular complexity index is 176. The molecule has 0 aromatic heterocycles. The fraction of sp³-hybridized carbons (Fsp3) is 1.00. The van der Waals surface area contributed by atoms with Gasteiger partial charge in [-0.15, -0.1) is 0 Å². The van der Waals surface area contributed by atoms with Gasteiger partial charge in [-0.2, -0.15) is 0 Å². The molecule has 0 aromatic rings. The SMILES string of the molecule is CCCCCCCCCCCCCCCC(C)[SiH2]O[SiH3]. The van der Waals surface area contributed by atoms with Crippen LogP contribution in [0.4, 0.5) is 0 Å². The van der Waals surface area contributed by atoms with Gasteiger partial charge < -0.3 is 4.12 Å². The van der Waals surface area contributed by atoms with Gasteiger partial charge in [-0.1, -0.05) is 104 Å². The van der Waals surface area contributed by atoms with Gasteiger partial charge >= 0.3 is 0 Å². The first-order valence-corrected chi connectivity index (χ1v) is 11.5. The average Bonchev–Trinajstić information content (AvgIpc) is 2.44. The molecule has 0 rings (SSSR count). The topological polar surface area (TPSA) is 9.23 Å². The second-order valence-corrected chi connectivity index (χ2v) is 10.6. The Morgan fingerprint density at radius 2 is 1.15 bits per heavy atom. The maximum Gasteiger partial charge on any atom is 0.148 e. The van der Waals surface area contributed by atoms with Gasteiger partial charge in [0.15, 0.2) is 0 Å². The lowest BCUT2D eigenvalue weighted by Gasteiger charge is -2.08. The molecule has 1 nitrogen and oxygen atoms in total. The summed E-state index contributed by atoms with van der Waals surface area (Å²) < 4.78 is 5.45. The van der Waals surface area contributed by atoms with E-state index in [9.17, 15) is 0 Å². The largest absolute Gasteiger partial charge is 0.468 e. The predicted molar refractivity (Wildman–Crippen MR) is 99.3 cm³/mol. The highest BCUT2D eigenvalue weighted by Gasteiger charge is 2.01. The van der Waals surface area contributed by atoms with Crippen molar-refractivity contribution in [2.75, 3.05) is 0 Å². The average molecular weight is 317 g/mol. The van der Waals surface area contributed by atoms with Crippen LogP contribution in [-0.4, -0.2) is 20.2 Å². The Labute approximate surface area is 134 Å². The summed E-state index contributed by atoms with van der Waals surface area (Å²) in [6.07, 6.45) is 20.4. The maximum absolute atomic E-state index is 5.45. The van der Waals surface area contributed by atoms with Crippen molar-refractivity contribution in [1.29, 1.82) is 0 Å². The molecule has 0 spiro atoms. The minimum atomic E-state index is -0.154. The number of hydrogen-bond acceptors (Lipinski definition) is 1. The summed E-state index contributed by atoms with van der Waals surface area (Å²) >= 11 is 0. The Morgan fingerprint density at radius 1 is 0.750 bits per heavy atom. The maximum atomic E-state index is 5.45. The quantitative estimate of drug-likeness (QED) is 0.297. The van der Waals surface area contributed by atoms with Crippen molar-refractivity contribution >= 4 is 20.2 Å². The third kappa shape index (κ3) is 16.4. The first-order chi connectivity index (χ1) is 9.81. The summed E-state index contributed by atoms with van der Waals surface area (Å²) in [7, 11) is 0.806. The van der Waals surface area contributed by atoms with Gasteiger partial charge in [0.2, 0.25) is 0 Å². The molecule has 0 amide bonds. The molecule has 0 bridgehead atoms. The minimum Gasteiger partial charge on any atom is -0.468 e. The van der Waals surface area contributed by atoms with E-state index in [1.165, 1.54) is 89.9 Å². The van der Waals surface area contributed by atoms with Crippen LogP contribution in [-0.2, 0) is 4.12 Å². The summed E-state index contributed by atoms with van der Waals surface area (Å²) in [6.45, 7) is 4.67. The number of unbranched alkanes of at least 4 members (excludes halogenated alkanes) is 12. The zero-order valence-electron chi connectivity index (χ0n) is 14.6. The number of hydrogen-bond donors (Lipinski definition) is 0. The molecular formula is C17H40OSi2. The molecule has 3 heteroatoms. The minimum absolute atomic E-state index is 0.154. The van der Waals surface area contributed by atoms with E-state index in [0.29, 0.717) is 0 Å². The molecule has 1 atom stereocenters. The van der Waals surface area contributed by atoms with Crippen molar-refractivity contribution in [1.82, 2.24) is 0 Å². The lowest BCUT2D eigenvalue weighted by Crippen LogP contribution is -2.02. The molecule has 0 aliphatic carbocycles. The summed E-state index contributed by atoms with van der Waals surface area (Å²) in [4.78, 5) is 0. The molecule has 0 saturated heterocycles. The molecule has 0 heterocycles. The molecule has 0 fully saturated rings. The second-order valence-electron chi connectivity index (χ2n) is 6.59. The predicted octanol–water partition coefficient (Wildman–Crippen LogP) is 4.66. The van der Waals surface area contributed by atoms with E-state index in [1.807, 2.05) is 0 Å². The highest BCUT2D eigenvalue weighted by molar-refractivity contribution is 6.35. The van der Waals surface area contributed by atoms with E-state index in [2.05, 4.69) is 13.8 Å². The summed E-state index contributed by atoms with van der Waals surface area (Å²) in [5.41, 5.74) is 0.917. The van der Waals surface area contributed by atoms with Crippen molar-refractivity contribution in [2.45, 2.75) is 109 Å². The standard InChI is InChI=1S/C17H40OSi2/c1-3-4-5-6-7-8-9-10-11-12-13-14-15-16-17(2)20-18-19/h17H,3-16,20H2,1-2,19H3. The molecule has 20 heavy (non-hydrogen) atoms. The van der Waals surface area contributed by atoms with Crippen molar-refractivity contribution in [3.63, 3.8) is 0 Å². The zero-order valence-corrected chi connectivity index (χ0v) is 18.0. The fourth-order valence-corrected chi connectivity index (χ4v) is 5.61. The van der Waals surface area contributed by atoms with Crippen LogP contribution in [0.5, 0.6) is 0 Å². The van der Waals surface area contributed by atoms with Crippen molar-refractivity contribution in [3.05, 3.63) is 0 Å². The van der Waals surface area contributed by atoms with Crippen molar-refractivity contribution in [2.24, 2.45) is 0 Å². The molecule has 122 valence electrons. The third-order valence-corrected chi connectivity index (χ3v) is 6.56. The van der Waals surface area contributed by atoms with E-state index < -0.39 is 0 Å². The Hall–Kier alpha value is 0.394. The molecule has 0 radical (unpaired) electrons. The van der Waals surface area contributed by atoms with Crippen LogP contribution < -0.4 is 0 Å². The van der Waals surface area contributed by atoms with Crippen LogP contribution >= 0.6 is 0 Å². The molecule has 0 aliphatic heterocycles. The van der Waals surface area contributed by atoms with Gasteiger partial charge in [0.25, 0.3) is 0 Å². The molecule has 0 aromatic carbocycles. The van der Waals surface area contributed by atoms with Crippen molar-refractivity contribution in [3.8, 4) is 0 Å². The molecular weight excluding hydrogens is 276 g/mol. The highest BCUT2D eigenvalue weighted by Crippen LogP contribution is 2.16. The van der Waals surface area contributed by atoms with Crippen LogP contribution in [0.1, 0.15) is 104 Å². The van der Waals surface area contributed by atoms with Crippen molar-refractivity contribution < 1.29 is 4.12 Å². The normalized spacial score (nSPS) is 13.5. The summed E-state index contributed by atoms with van der Waals surface area (Å²) in [5, 5.41) is 0. The molecule has 0 saturated carbocycles. The molecule has 1 unspecified atom stereocenters. The van der Waals surface area contributed by atoms with Crippen LogP contribution in [0.25, 0.3) is 0 Å². The number of rotatable bonds is 16. The third-order valence-electron chi connectivity index (χ3n) is 4.25. The van der Waals surface area contributed by atoms with Gasteiger partial charge in [0, 0.05) is 0 Å². The van der Waals surface area contributed by atoms with Gasteiger partial charge in [-0.3, -0.25) is 0 Å². The van der Waals surface area contributed by atoms with E-state index in [-0.39, 0.29) is 9.76 Å².